The first-order chi connectivity index (χ1) is 20.8. The molecule has 0 spiro atoms. The number of nitrogens with one attached hydrogen (secondary N) is 3. The van der Waals surface area contributed by atoms with Gasteiger partial charge in [-0.2, -0.15) is 0 Å². The summed E-state index contributed by atoms with van der Waals surface area (Å²) in [5.41, 5.74) is 3.07. The molecule has 4 rings (SSSR count). The summed E-state index contributed by atoms with van der Waals surface area (Å²) >= 11 is 0. The van der Waals surface area contributed by atoms with Gasteiger partial charge in [-0.05, 0) is 58.7 Å². The molecule has 1 aliphatic heterocycles. The fraction of sp³-hybridized carbons (Fsp3) is 0.486. The van der Waals surface area contributed by atoms with E-state index in [1.165, 1.54) is 11.1 Å². The summed E-state index contributed by atoms with van der Waals surface area (Å²) in [4.78, 5) is 41.7. The van der Waals surface area contributed by atoms with Crippen molar-refractivity contribution in [2.24, 2.45) is 5.41 Å². The molecule has 0 saturated carbocycles. The summed E-state index contributed by atoms with van der Waals surface area (Å²) in [5, 5.41) is 11.7. The van der Waals surface area contributed by atoms with E-state index in [-0.39, 0.29) is 35.5 Å². The highest BCUT2D eigenvalue weighted by atomic mass is 35.5. The Hall–Kier alpha value is -3.42. The van der Waals surface area contributed by atoms with Crippen molar-refractivity contribution in [1.82, 2.24) is 20.9 Å². The van der Waals surface area contributed by atoms with Crippen LogP contribution in [0.3, 0.4) is 0 Å². The Bertz CT molecular complexity index is 1440. The van der Waals surface area contributed by atoms with Crippen LogP contribution in [0.2, 0.25) is 0 Å². The van der Waals surface area contributed by atoms with Crippen LogP contribution >= 0.6 is 12.4 Å². The van der Waals surface area contributed by atoms with Crippen molar-refractivity contribution in [1.29, 1.82) is 0 Å². The minimum atomic E-state index is -0.745. The van der Waals surface area contributed by atoms with Gasteiger partial charge in [-0.15, -0.1) is 12.4 Å². The topological polar surface area (TPSA) is 90.5 Å². The van der Waals surface area contributed by atoms with Crippen LogP contribution in [0.4, 0.5) is 0 Å². The Morgan fingerprint density at radius 3 is 2.20 bits per heavy atom. The number of carbonyl (C=O) groups excluding carboxylic acids is 3. The van der Waals surface area contributed by atoms with E-state index in [2.05, 4.69) is 73.1 Å². The van der Waals surface area contributed by atoms with Crippen molar-refractivity contribution in [2.75, 3.05) is 19.6 Å². The van der Waals surface area contributed by atoms with Crippen molar-refractivity contribution < 1.29 is 14.4 Å². The Morgan fingerprint density at radius 2 is 1.53 bits per heavy atom. The van der Waals surface area contributed by atoms with Gasteiger partial charge in [-0.3, -0.25) is 14.4 Å². The van der Waals surface area contributed by atoms with Gasteiger partial charge in [0.1, 0.15) is 12.1 Å². The molecule has 3 amide bonds. The van der Waals surface area contributed by atoms with Crippen LogP contribution < -0.4 is 16.0 Å². The van der Waals surface area contributed by atoms with Gasteiger partial charge in [0.05, 0.1) is 0 Å². The van der Waals surface area contributed by atoms with Gasteiger partial charge in [0.25, 0.3) is 0 Å². The lowest BCUT2D eigenvalue weighted by Gasteiger charge is -2.31. The molecular weight excluding hydrogens is 584 g/mol. The molecule has 244 valence electrons. The second kappa shape index (κ2) is 15.7. The van der Waals surface area contributed by atoms with Gasteiger partial charge in [0.15, 0.2) is 0 Å². The molecule has 1 aliphatic rings. The molecule has 3 aromatic carbocycles. The largest absolute Gasteiger partial charge is 0.354 e. The zero-order valence-corrected chi connectivity index (χ0v) is 28.6. The van der Waals surface area contributed by atoms with E-state index in [0.717, 1.165) is 42.3 Å². The third kappa shape index (κ3) is 10.0. The number of hydrogen-bond acceptors (Lipinski definition) is 4. The maximum absolute atomic E-state index is 13.5. The molecule has 3 aromatic rings. The second-order valence-corrected chi connectivity index (χ2v) is 14.1. The van der Waals surface area contributed by atoms with Crippen molar-refractivity contribution in [3.63, 3.8) is 0 Å². The van der Waals surface area contributed by atoms with Crippen LogP contribution in [0, 0.1) is 5.41 Å². The fourth-order valence-electron chi connectivity index (χ4n) is 5.70. The van der Waals surface area contributed by atoms with Crippen LogP contribution in [0.25, 0.3) is 10.8 Å². The lowest BCUT2D eigenvalue weighted by atomic mass is 9.87. The van der Waals surface area contributed by atoms with Crippen molar-refractivity contribution in [3.8, 4) is 0 Å². The van der Waals surface area contributed by atoms with E-state index in [0.29, 0.717) is 25.9 Å². The Kier molecular flexibility index (Phi) is 12.6. The summed E-state index contributed by atoms with van der Waals surface area (Å²) < 4.78 is 0. The number of amides is 3. The molecule has 0 radical (unpaired) electrons. The summed E-state index contributed by atoms with van der Waals surface area (Å²) in [7, 11) is 0. The van der Waals surface area contributed by atoms with Gasteiger partial charge >= 0.3 is 0 Å². The molecule has 1 saturated heterocycles. The third-order valence-corrected chi connectivity index (χ3v) is 8.32. The highest BCUT2D eigenvalue weighted by Gasteiger charge is 2.39. The van der Waals surface area contributed by atoms with Crippen LogP contribution in [0.15, 0.2) is 66.7 Å². The SMILES string of the molecule is CC(C)(C)C(=O)N1CCCC1C(=O)N[C@H](Cc1ccc2ccccc2c1)C(=O)NCCCNCc1ccc(C(C)(C)C)cc1.Cl. The Labute approximate surface area is 275 Å². The minimum absolute atomic E-state index is 0. The molecule has 8 heteroatoms. The first-order valence-electron chi connectivity index (χ1n) is 16.0. The number of benzene rings is 3. The molecule has 2 atom stereocenters. The maximum atomic E-state index is 13.5. The van der Waals surface area contributed by atoms with Crippen LogP contribution in [-0.2, 0) is 32.8 Å². The van der Waals surface area contributed by atoms with E-state index >= 15 is 0 Å². The zero-order chi connectivity index (χ0) is 31.9. The van der Waals surface area contributed by atoms with Crippen LogP contribution in [-0.4, -0.2) is 54.3 Å². The standard InChI is InChI=1S/C37H50N4O3.ClH/c1-36(2,3)30-18-15-26(16-19-30)25-38-20-10-21-39-33(42)31(24-27-14-17-28-11-7-8-12-29(28)23-27)40-34(43)32-13-9-22-41(32)35(44)37(4,5)6;/h7-8,11-12,14-19,23,31-32,38H,9-10,13,20-22,24-25H2,1-6H3,(H,39,42)(H,40,43);1H/t31-,32?;/m1./s1. The van der Waals surface area contributed by atoms with E-state index in [1.54, 1.807) is 4.90 Å². The number of carbonyl (C=O) groups is 3. The number of nitrogens with zero attached hydrogens (tertiary/aromatic N) is 1. The van der Waals surface area contributed by atoms with Gasteiger partial charge in [-0.1, -0.05) is 108 Å². The van der Waals surface area contributed by atoms with Crippen LogP contribution in [0.5, 0.6) is 0 Å². The summed E-state index contributed by atoms with van der Waals surface area (Å²) in [6.45, 7) is 14.8. The van der Waals surface area contributed by atoms with Crippen molar-refractivity contribution >= 4 is 40.9 Å². The van der Waals surface area contributed by atoms with E-state index in [4.69, 9.17) is 0 Å². The van der Waals surface area contributed by atoms with Crippen LogP contribution in [0.1, 0.15) is 77.5 Å². The average Bonchev–Trinajstić information content (AvgIpc) is 3.47. The number of likely N-dealkylation sites (tertiary alicyclic amines) is 1. The van der Waals surface area contributed by atoms with Gasteiger partial charge < -0.3 is 20.9 Å². The maximum Gasteiger partial charge on any atom is 0.243 e. The predicted octanol–water partition coefficient (Wildman–Crippen LogP) is 5.92. The number of fused-ring (bicyclic) bond motifs is 1. The lowest BCUT2D eigenvalue weighted by molar-refractivity contribution is -0.145. The summed E-state index contributed by atoms with van der Waals surface area (Å²) in [6, 6.07) is 21.6. The molecular formula is C37H51ClN4O3. The molecule has 45 heavy (non-hydrogen) atoms. The molecule has 0 bridgehead atoms. The molecule has 1 unspecified atom stereocenters. The van der Waals surface area contributed by atoms with Crippen molar-refractivity contribution in [2.45, 2.75) is 91.3 Å². The number of halogens is 1. The molecule has 1 fully saturated rings. The van der Waals surface area contributed by atoms with E-state index in [9.17, 15) is 14.4 Å². The first kappa shape index (κ1) is 36.1. The monoisotopic (exact) mass is 634 g/mol. The van der Waals surface area contributed by atoms with Gasteiger partial charge in [-0.25, -0.2) is 0 Å². The van der Waals surface area contributed by atoms with E-state index in [1.807, 2.05) is 51.1 Å². The fourth-order valence-corrected chi connectivity index (χ4v) is 5.70. The third-order valence-electron chi connectivity index (χ3n) is 8.32. The molecule has 1 heterocycles. The normalized spacial score (nSPS) is 15.8. The summed E-state index contributed by atoms with van der Waals surface area (Å²) in [6.07, 6.45) is 2.50. The molecule has 7 nitrogen and oxygen atoms in total. The second-order valence-electron chi connectivity index (χ2n) is 14.1. The smallest absolute Gasteiger partial charge is 0.243 e. The average molecular weight is 635 g/mol. The highest BCUT2D eigenvalue weighted by molar-refractivity contribution is 5.93. The molecule has 3 N–H and O–H groups in total. The van der Waals surface area contributed by atoms with Crippen molar-refractivity contribution in [3.05, 3.63) is 83.4 Å². The Balaban J connectivity index is 0.00000552. The first-order valence-corrected chi connectivity index (χ1v) is 16.0. The van der Waals surface area contributed by atoms with Gasteiger partial charge in [0, 0.05) is 31.5 Å². The number of rotatable bonds is 11. The number of hydrogen-bond donors (Lipinski definition) is 3. The summed E-state index contributed by atoms with van der Waals surface area (Å²) in [5.74, 6) is -0.514. The molecule has 0 aromatic heterocycles. The van der Waals surface area contributed by atoms with E-state index < -0.39 is 17.5 Å². The molecule has 0 aliphatic carbocycles. The highest BCUT2D eigenvalue weighted by Crippen LogP contribution is 2.26. The zero-order valence-electron chi connectivity index (χ0n) is 27.7. The lowest BCUT2D eigenvalue weighted by Crippen LogP contribution is -2.55. The quantitative estimate of drug-likeness (QED) is 0.229. The predicted molar refractivity (Wildman–Crippen MR) is 185 cm³/mol. The Morgan fingerprint density at radius 1 is 0.867 bits per heavy atom. The minimum Gasteiger partial charge on any atom is -0.354 e. The van der Waals surface area contributed by atoms with Gasteiger partial charge in [0.2, 0.25) is 17.7 Å².